The zero-order valence-electron chi connectivity index (χ0n) is 15.0. The number of hydrogen-bond acceptors (Lipinski definition) is 4. The maximum Gasteiger partial charge on any atom is 0.234 e. The number of carbonyl (C=O) groups is 2. The molecule has 1 aliphatic heterocycles. The van der Waals surface area contributed by atoms with Crippen LogP contribution in [0.2, 0.25) is 0 Å². The summed E-state index contributed by atoms with van der Waals surface area (Å²) in [5.41, 5.74) is 2.29. The highest BCUT2D eigenvalue weighted by Gasteiger charge is 2.36. The minimum atomic E-state index is -0.419. The molecule has 5 nitrogen and oxygen atoms in total. The molecule has 136 valence electrons. The molecule has 25 heavy (non-hydrogen) atoms. The van der Waals surface area contributed by atoms with Crippen LogP contribution in [0.5, 0.6) is 0 Å². The van der Waals surface area contributed by atoms with Crippen molar-refractivity contribution in [2.45, 2.75) is 63.1 Å². The molecule has 2 fully saturated rings. The summed E-state index contributed by atoms with van der Waals surface area (Å²) in [5.74, 6) is -0.478. The van der Waals surface area contributed by atoms with Crippen LogP contribution in [0.4, 0.5) is 0 Å². The SMILES string of the molecule is CCOC1(OC)CCC(c2ccc(C3CCC(=O)NC3=O)cc2)CC1. The van der Waals surface area contributed by atoms with Crippen molar-refractivity contribution in [2.24, 2.45) is 0 Å². The smallest absolute Gasteiger partial charge is 0.234 e. The van der Waals surface area contributed by atoms with Gasteiger partial charge in [0.25, 0.3) is 0 Å². The lowest BCUT2D eigenvalue weighted by Crippen LogP contribution is -2.39. The summed E-state index contributed by atoms with van der Waals surface area (Å²) >= 11 is 0. The van der Waals surface area contributed by atoms with Crippen molar-refractivity contribution in [1.82, 2.24) is 5.32 Å². The van der Waals surface area contributed by atoms with Gasteiger partial charge in [-0.05, 0) is 43.2 Å². The maximum absolute atomic E-state index is 12.0. The topological polar surface area (TPSA) is 64.6 Å². The highest BCUT2D eigenvalue weighted by Crippen LogP contribution is 2.40. The van der Waals surface area contributed by atoms with Crippen molar-refractivity contribution in [3.05, 3.63) is 35.4 Å². The molecule has 2 amide bonds. The van der Waals surface area contributed by atoms with Gasteiger partial charge in [0, 0.05) is 33.0 Å². The Labute approximate surface area is 149 Å². The molecule has 0 radical (unpaired) electrons. The number of imide groups is 1. The summed E-state index contributed by atoms with van der Waals surface area (Å²) in [6, 6.07) is 8.33. The maximum atomic E-state index is 12.0. The standard InChI is InChI=1S/C20H27NO4/c1-3-25-20(24-2)12-10-15(11-13-20)14-4-6-16(7-5-14)17-8-9-18(22)21-19(17)23/h4-7,15,17H,3,8-13H2,1-2H3,(H,21,22,23). The van der Waals surface area contributed by atoms with Gasteiger partial charge in [0.15, 0.2) is 5.79 Å². The van der Waals surface area contributed by atoms with Crippen LogP contribution in [-0.2, 0) is 19.1 Å². The Morgan fingerprint density at radius 3 is 2.28 bits per heavy atom. The molecule has 0 spiro atoms. The zero-order chi connectivity index (χ0) is 17.9. The van der Waals surface area contributed by atoms with Crippen molar-refractivity contribution < 1.29 is 19.1 Å². The van der Waals surface area contributed by atoms with E-state index in [0.717, 1.165) is 31.2 Å². The molecule has 1 saturated heterocycles. The van der Waals surface area contributed by atoms with Crippen LogP contribution < -0.4 is 5.32 Å². The fourth-order valence-corrected chi connectivity index (χ4v) is 4.07. The van der Waals surface area contributed by atoms with Crippen molar-refractivity contribution in [3.63, 3.8) is 0 Å². The van der Waals surface area contributed by atoms with E-state index in [4.69, 9.17) is 9.47 Å². The molecule has 1 unspecified atom stereocenters. The normalized spacial score (nSPS) is 30.2. The Morgan fingerprint density at radius 1 is 1.08 bits per heavy atom. The third-order valence-corrected chi connectivity index (χ3v) is 5.58. The highest BCUT2D eigenvalue weighted by atomic mass is 16.7. The molecule has 3 rings (SSSR count). The third-order valence-electron chi connectivity index (χ3n) is 5.58. The lowest BCUT2D eigenvalue weighted by Gasteiger charge is -2.38. The predicted molar refractivity (Wildman–Crippen MR) is 94.1 cm³/mol. The molecule has 1 N–H and O–H groups in total. The number of ether oxygens (including phenoxy) is 2. The van der Waals surface area contributed by atoms with Gasteiger partial charge in [-0.3, -0.25) is 14.9 Å². The average Bonchev–Trinajstić information content (AvgIpc) is 2.63. The molecule has 1 aliphatic carbocycles. The van der Waals surface area contributed by atoms with Gasteiger partial charge in [-0.25, -0.2) is 0 Å². The highest BCUT2D eigenvalue weighted by molar-refractivity contribution is 6.00. The molecule has 1 aromatic rings. The summed E-state index contributed by atoms with van der Waals surface area (Å²) in [7, 11) is 1.73. The van der Waals surface area contributed by atoms with Gasteiger partial charge in [-0.2, -0.15) is 0 Å². The van der Waals surface area contributed by atoms with Crippen LogP contribution in [0.15, 0.2) is 24.3 Å². The molecule has 1 heterocycles. The van der Waals surface area contributed by atoms with E-state index in [0.29, 0.717) is 25.4 Å². The Bertz CT molecular complexity index is 617. The van der Waals surface area contributed by atoms with Crippen LogP contribution in [0.1, 0.15) is 68.4 Å². The third kappa shape index (κ3) is 3.93. The minimum Gasteiger partial charge on any atom is -0.353 e. The second-order valence-corrected chi connectivity index (χ2v) is 6.99. The van der Waals surface area contributed by atoms with Crippen molar-refractivity contribution in [2.75, 3.05) is 13.7 Å². The van der Waals surface area contributed by atoms with Crippen LogP contribution in [0, 0.1) is 0 Å². The second kappa shape index (κ2) is 7.67. The number of hydrogen-bond donors (Lipinski definition) is 1. The molecular weight excluding hydrogens is 318 g/mol. The molecule has 5 heteroatoms. The first-order chi connectivity index (χ1) is 12.1. The van der Waals surface area contributed by atoms with Crippen LogP contribution >= 0.6 is 0 Å². The Hall–Kier alpha value is -1.72. The average molecular weight is 345 g/mol. The molecule has 1 saturated carbocycles. The predicted octanol–water partition coefficient (Wildman–Crippen LogP) is 3.24. The lowest BCUT2D eigenvalue weighted by molar-refractivity contribution is -0.237. The summed E-state index contributed by atoms with van der Waals surface area (Å²) in [6.07, 6.45) is 4.88. The van der Waals surface area contributed by atoms with Gasteiger partial charge in [0.2, 0.25) is 11.8 Å². The van der Waals surface area contributed by atoms with Crippen LogP contribution in [-0.4, -0.2) is 31.3 Å². The Balaban J connectivity index is 1.64. The molecule has 0 aromatic heterocycles. The Kier molecular flexibility index (Phi) is 5.54. The van der Waals surface area contributed by atoms with Crippen LogP contribution in [0.3, 0.4) is 0 Å². The molecule has 1 atom stereocenters. The molecule has 1 aromatic carbocycles. The first-order valence-electron chi connectivity index (χ1n) is 9.19. The zero-order valence-corrected chi connectivity index (χ0v) is 15.0. The summed E-state index contributed by atoms with van der Waals surface area (Å²) < 4.78 is 11.5. The van der Waals surface area contributed by atoms with E-state index in [9.17, 15) is 9.59 Å². The summed E-state index contributed by atoms with van der Waals surface area (Å²) in [6.45, 7) is 2.67. The van der Waals surface area contributed by atoms with Crippen molar-refractivity contribution in [1.29, 1.82) is 0 Å². The lowest BCUT2D eigenvalue weighted by atomic mass is 9.80. The summed E-state index contributed by atoms with van der Waals surface area (Å²) in [4.78, 5) is 23.3. The van der Waals surface area contributed by atoms with Gasteiger partial charge in [0.05, 0.1) is 5.92 Å². The monoisotopic (exact) mass is 345 g/mol. The van der Waals surface area contributed by atoms with E-state index < -0.39 is 5.79 Å². The van der Waals surface area contributed by atoms with Gasteiger partial charge in [-0.15, -0.1) is 0 Å². The van der Waals surface area contributed by atoms with E-state index in [1.807, 2.05) is 19.1 Å². The van der Waals surface area contributed by atoms with E-state index in [1.165, 1.54) is 5.56 Å². The first-order valence-corrected chi connectivity index (χ1v) is 9.19. The van der Waals surface area contributed by atoms with E-state index in [-0.39, 0.29) is 17.7 Å². The minimum absolute atomic E-state index is 0.170. The number of carbonyl (C=O) groups excluding carboxylic acids is 2. The number of piperidine rings is 1. The van der Waals surface area contributed by atoms with Crippen molar-refractivity contribution in [3.8, 4) is 0 Å². The number of amides is 2. The number of rotatable bonds is 5. The van der Waals surface area contributed by atoms with E-state index >= 15 is 0 Å². The van der Waals surface area contributed by atoms with E-state index in [2.05, 4.69) is 17.4 Å². The number of benzene rings is 1. The second-order valence-electron chi connectivity index (χ2n) is 6.99. The fraction of sp³-hybridized carbons (Fsp3) is 0.600. The fourth-order valence-electron chi connectivity index (χ4n) is 4.07. The Morgan fingerprint density at radius 2 is 1.72 bits per heavy atom. The summed E-state index contributed by atoms with van der Waals surface area (Å²) in [5, 5.41) is 2.43. The van der Waals surface area contributed by atoms with Crippen LogP contribution in [0.25, 0.3) is 0 Å². The van der Waals surface area contributed by atoms with Gasteiger partial charge < -0.3 is 9.47 Å². The van der Waals surface area contributed by atoms with Gasteiger partial charge in [0.1, 0.15) is 0 Å². The van der Waals surface area contributed by atoms with Gasteiger partial charge >= 0.3 is 0 Å². The molecular formula is C20H27NO4. The van der Waals surface area contributed by atoms with Crippen molar-refractivity contribution >= 4 is 11.8 Å². The van der Waals surface area contributed by atoms with Gasteiger partial charge in [-0.1, -0.05) is 24.3 Å². The quantitative estimate of drug-likeness (QED) is 0.657. The van der Waals surface area contributed by atoms with E-state index in [1.54, 1.807) is 7.11 Å². The molecule has 0 bridgehead atoms. The number of nitrogens with one attached hydrogen (secondary N) is 1. The largest absolute Gasteiger partial charge is 0.353 e. The first kappa shape index (κ1) is 18.1. The molecule has 2 aliphatic rings. The number of methoxy groups -OCH3 is 1.